The molecule has 0 rings (SSSR count). The molecular formula is C28H60O4. The van der Waals surface area contributed by atoms with Gasteiger partial charge >= 0.3 is 5.97 Å². The summed E-state index contributed by atoms with van der Waals surface area (Å²) in [5.74, 6) is -0.0407. The molecule has 0 aliphatic heterocycles. The quantitative estimate of drug-likeness (QED) is 0.133. The van der Waals surface area contributed by atoms with Crippen molar-refractivity contribution in [2.24, 2.45) is 0 Å². The summed E-state index contributed by atoms with van der Waals surface area (Å²) in [7, 11) is 0. The van der Waals surface area contributed by atoms with Crippen LogP contribution in [0.2, 0.25) is 0 Å². The predicted molar refractivity (Wildman–Crippen MR) is 140 cm³/mol. The zero-order valence-corrected chi connectivity index (χ0v) is 22.5. The van der Waals surface area contributed by atoms with Crippen LogP contribution >= 0.6 is 0 Å². The third-order valence-corrected chi connectivity index (χ3v) is 5.31. The Kier molecular flexibility index (Phi) is 42.4. The van der Waals surface area contributed by atoms with E-state index in [0.29, 0.717) is 26.2 Å². The van der Waals surface area contributed by atoms with Gasteiger partial charge in [-0.3, -0.25) is 4.79 Å². The zero-order valence-electron chi connectivity index (χ0n) is 22.5. The molecule has 0 spiro atoms. The minimum absolute atomic E-state index is 0.0407. The van der Waals surface area contributed by atoms with Crippen molar-refractivity contribution >= 4 is 5.97 Å². The summed E-state index contributed by atoms with van der Waals surface area (Å²) in [6.07, 6.45) is 24.4. The topological polar surface area (TPSA) is 66.8 Å². The minimum atomic E-state index is -0.0407. The van der Waals surface area contributed by atoms with Crippen molar-refractivity contribution < 1.29 is 19.7 Å². The lowest BCUT2D eigenvalue weighted by atomic mass is 10.1. The second-order valence-electron chi connectivity index (χ2n) is 8.66. The molecule has 0 saturated carbocycles. The van der Waals surface area contributed by atoms with Gasteiger partial charge in [0.2, 0.25) is 0 Å². The van der Waals surface area contributed by atoms with Crippen molar-refractivity contribution in [2.75, 3.05) is 19.8 Å². The van der Waals surface area contributed by atoms with Crippen LogP contribution in [0.3, 0.4) is 0 Å². The van der Waals surface area contributed by atoms with Gasteiger partial charge in [0.1, 0.15) is 0 Å². The van der Waals surface area contributed by atoms with Crippen LogP contribution < -0.4 is 0 Å². The first-order valence-corrected chi connectivity index (χ1v) is 14.0. The number of ether oxygens (including phenoxy) is 1. The van der Waals surface area contributed by atoms with Gasteiger partial charge in [0.05, 0.1) is 6.61 Å². The van der Waals surface area contributed by atoms with Gasteiger partial charge in [-0.05, 0) is 26.2 Å². The van der Waals surface area contributed by atoms with Crippen LogP contribution in [-0.4, -0.2) is 36.0 Å². The summed E-state index contributed by atoms with van der Waals surface area (Å²) in [4.78, 5) is 11.0. The lowest BCUT2D eigenvalue weighted by Gasteiger charge is -2.01. The Morgan fingerprint density at radius 2 is 0.812 bits per heavy atom. The molecule has 0 bridgehead atoms. The molecule has 0 unspecified atom stereocenters. The molecule has 0 fully saturated rings. The Labute approximate surface area is 201 Å². The number of hydrogen-bond donors (Lipinski definition) is 2. The van der Waals surface area contributed by atoms with E-state index < -0.39 is 0 Å². The van der Waals surface area contributed by atoms with Crippen molar-refractivity contribution in [3.05, 3.63) is 0 Å². The Morgan fingerprint density at radius 1 is 0.500 bits per heavy atom. The van der Waals surface area contributed by atoms with E-state index in [2.05, 4.69) is 20.8 Å². The third-order valence-electron chi connectivity index (χ3n) is 5.31. The summed E-state index contributed by atoms with van der Waals surface area (Å²) in [6, 6.07) is 0. The normalized spacial score (nSPS) is 10.1. The van der Waals surface area contributed by atoms with Gasteiger partial charge < -0.3 is 14.9 Å². The van der Waals surface area contributed by atoms with E-state index in [-0.39, 0.29) is 5.97 Å². The van der Waals surface area contributed by atoms with Gasteiger partial charge in [-0.25, -0.2) is 0 Å². The van der Waals surface area contributed by atoms with E-state index in [1.54, 1.807) is 0 Å². The van der Waals surface area contributed by atoms with Crippen molar-refractivity contribution in [3.63, 3.8) is 0 Å². The van der Waals surface area contributed by atoms with Gasteiger partial charge in [-0.2, -0.15) is 0 Å². The molecular weight excluding hydrogens is 400 g/mol. The smallest absolute Gasteiger partial charge is 0.305 e. The number of esters is 1. The van der Waals surface area contributed by atoms with E-state index in [1.807, 2.05) is 6.92 Å². The fourth-order valence-corrected chi connectivity index (χ4v) is 3.24. The summed E-state index contributed by atoms with van der Waals surface area (Å²) >= 11 is 0. The van der Waals surface area contributed by atoms with Crippen molar-refractivity contribution in [1.82, 2.24) is 0 Å². The molecule has 32 heavy (non-hydrogen) atoms. The number of hydrogen-bond acceptors (Lipinski definition) is 4. The fraction of sp³-hybridized carbons (Fsp3) is 0.964. The van der Waals surface area contributed by atoms with Crippen molar-refractivity contribution in [1.29, 1.82) is 0 Å². The van der Waals surface area contributed by atoms with Gasteiger partial charge in [-0.1, -0.05) is 124 Å². The van der Waals surface area contributed by atoms with Crippen molar-refractivity contribution in [2.45, 2.75) is 156 Å². The van der Waals surface area contributed by atoms with Gasteiger partial charge in [-0.15, -0.1) is 0 Å². The number of aliphatic hydroxyl groups is 2. The molecule has 4 heteroatoms. The van der Waals surface area contributed by atoms with Crippen LogP contribution in [-0.2, 0) is 9.53 Å². The molecule has 196 valence electrons. The molecule has 0 radical (unpaired) electrons. The zero-order chi connectivity index (χ0) is 24.5. The molecule has 0 saturated heterocycles. The highest BCUT2D eigenvalue weighted by Gasteiger charge is 2.00. The molecule has 0 aliphatic carbocycles. The second kappa shape index (κ2) is 37.7. The lowest BCUT2D eigenvalue weighted by molar-refractivity contribution is -0.143. The second-order valence-corrected chi connectivity index (χ2v) is 8.66. The maximum Gasteiger partial charge on any atom is 0.305 e. The first-order valence-electron chi connectivity index (χ1n) is 14.0. The van der Waals surface area contributed by atoms with Gasteiger partial charge in [0, 0.05) is 19.6 Å². The van der Waals surface area contributed by atoms with E-state index in [1.165, 1.54) is 103 Å². The summed E-state index contributed by atoms with van der Waals surface area (Å²) < 4.78 is 4.85. The highest BCUT2D eigenvalue weighted by molar-refractivity contribution is 5.69. The van der Waals surface area contributed by atoms with Crippen LogP contribution in [0.1, 0.15) is 156 Å². The van der Waals surface area contributed by atoms with Crippen LogP contribution in [0.25, 0.3) is 0 Å². The maximum atomic E-state index is 11.0. The Balaban J connectivity index is -0.000000417. The first kappa shape index (κ1) is 36.0. The average Bonchev–Trinajstić information content (AvgIpc) is 2.79. The standard InChI is InChI=1S/C12H24O2.C10H22O.C6H14O/c1-3-5-6-7-8-9-10-11-12(13)14-4-2;1-2-3-4-5-6-7-8-9-10-11;1-2-3-4-5-6-7/h3-11H2,1-2H3;11H,2-10H2,1H3;7H,2-6H2,1H3. The minimum Gasteiger partial charge on any atom is -0.466 e. The monoisotopic (exact) mass is 460 g/mol. The van der Waals surface area contributed by atoms with Crippen LogP contribution in [0.5, 0.6) is 0 Å². The summed E-state index contributed by atoms with van der Waals surface area (Å²) in [6.45, 7) is 9.72. The van der Waals surface area contributed by atoms with E-state index in [4.69, 9.17) is 14.9 Å². The largest absolute Gasteiger partial charge is 0.466 e. The molecule has 4 nitrogen and oxygen atoms in total. The Morgan fingerprint density at radius 3 is 1.16 bits per heavy atom. The van der Waals surface area contributed by atoms with E-state index in [9.17, 15) is 4.79 Å². The molecule has 0 aromatic carbocycles. The Bertz CT molecular complexity index is 296. The van der Waals surface area contributed by atoms with Crippen LogP contribution in [0.4, 0.5) is 0 Å². The highest BCUT2D eigenvalue weighted by atomic mass is 16.5. The number of carbonyl (C=O) groups is 1. The molecule has 0 heterocycles. The van der Waals surface area contributed by atoms with E-state index in [0.717, 1.165) is 19.3 Å². The van der Waals surface area contributed by atoms with E-state index >= 15 is 0 Å². The number of carbonyl (C=O) groups excluding carboxylic acids is 1. The number of rotatable bonds is 21. The summed E-state index contributed by atoms with van der Waals surface area (Å²) in [5.41, 5.74) is 0. The third kappa shape index (κ3) is 43.3. The SMILES string of the molecule is CCCCCCCCCC(=O)OCC.CCCCCCCCCCO.CCCCCCO. The molecule has 0 amide bonds. The average molecular weight is 461 g/mol. The van der Waals surface area contributed by atoms with Gasteiger partial charge in [0.25, 0.3) is 0 Å². The van der Waals surface area contributed by atoms with Crippen LogP contribution in [0.15, 0.2) is 0 Å². The molecule has 2 N–H and O–H groups in total. The lowest BCUT2D eigenvalue weighted by Crippen LogP contribution is -2.03. The van der Waals surface area contributed by atoms with Crippen LogP contribution in [0, 0.1) is 0 Å². The number of aliphatic hydroxyl groups excluding tert-OH is 2. The Hall–Kier alpha value is -0.610. The first-order chi connectivity index (χ1) is 15.6. The highest BCUT2D eigenvalue weighted by Crippen LogP contribution is 2.09. The number of unbranched alkanes of at least 4 members (excludes halogenated alkanes) is 16. The molecule has 0 aliphatic rings. The molecule has 0 aromatic heterocycles. The molecule has 0 aromatic rings. The molecule has 0 atom stereocenters. The van der Waals surface area contributed by atoms with Crippen molar-refractivity contribution in [3.8, 4) is 0 Å². The summed E-state index contributed by atoms with van der Waals surface area (Å²) in [5, 5.41) is 16.8. The fourth-order valence-electron chi connectivity index (χ4n) is 3.24. The van der Waals surface area contributed by atoms with Gasteiger partial charge in [0.15, 0.2) is 0 Å². The predicted octanol–water partition coefficient (Wildman–Crippen LogP) is 8.37. The maximum absolute atomic E-state index is 11.0.